The molecule has 1 fully saturated rings. The largest absolute Gasteiger partial charge is 0.497 e. The predicted molar refractivity (Wildman–Crippen MR) is 83.5 cm³/mol. The molecule has 0 saturated heterocycles. The van der Waals surface area contributed by atoms with Crippen molar-refractivity contribution >= 4 is 5.97 Å². The molecule has 0 aromatic heterocycles. The summed E-state index contributed by atoms with van der Waals surface area (Å²) in [4.78, 5) is 12.3. The maximum Gasteiger partial charge on any atom is 0.314 e. The number of carbonyl (C=O) groups excluding carboxylic acids is 1. The van der Waals surface area contributed by atoms with Gasteiger partial charge >= 0.3 is 5.97 Å². The number of hydrogen-bond acceptors (Lipinski definition) is 3. The standard InChI is InChI=1S/C18H26O3/c1-4-5-14-6-11-17(13(2)12-14)18(19)21-16-9-7-15(20-3)8-10-16/h7-10,13-14,17H,4-6,11-12H2,1-3H3/t13-,14+,17-/m1/s1. The van der Waals surface area contributed by atoms with E-state index in [1.807, 2.05) is 12.1 Å². The molecule has 3 nitrogen and oxygen atoms in total. The number of benzene rings is 1. The SMILES string of the molecule is CCC[C@H]1CC[C@@H](C(=O)Oc2ccc(OC)cc2)[C@H](C)C1. The number of hydrogen-bond donors (Lipinski definition) is 0. The van der Waals surface area contributed by atoms with Crippen LogP contribution < -0.4 is 9.47 Å². The summed E-state index contributed by atoms with van der Waals surface area (Å²) in [6.45, 7) is 4.41. The van der Waals surface area contributed by atoms with E-state index in [1.54, 1.807) is 19.2 Å². The lowest BCUT2D eigenvalue weighted by atomic mass is 9.73. The van der Waals surface area contributed by atoms with E-state index in [1.165, 1.54) is 12.8 Å². The van der Waals surface area contributed by atoms with Crippen molar-refractivity contribution in [3.05, 3.63) is 24.3 Å². The van der Waals surface area contributed by atoms with Crippen LogP contribution in [-0.2, 0) is 4.79 Å². The fraction of sp³-hybridized carbons (Fsp3) is 0.611. The van der Waals surface area contributed by atoms with Crippen molar-refractivity contribution in [2.24, 2.45) is 17.8 Å². The maximum absolute atomic E-state index is 12.3. The van der Waals surface area contributed by atoms with Crippen LogP contribution in [0.1, 0.15) is 46.0 Å². The Bertz CT molecular complexity index is 452. The summed E-state index contributed by atoms with van der Waals surface area (Å²) < 4.78 is 10.6. The number of rotatable bonds is 5. The smallest absolute Gasteiger partial charge is 0.314 e. The van der Waals surface area contributed by atoms with E-state index in [9.17, 15) is 4.79 Å². The first-order chi connectivity index (χ1) is 10.1. The van der Waals surface area contributed by atoms with Gasteiger partial charge in [0, 0.05) is 0 Å². The van der Waals surface area contributed by atoms with E-state index < -0.39 is 0 Å². The molecule has 0 spiro atoms. The third-order valence-electron chi connectivity index (χ3n) is 4.56. The number of methoxy groups -OCH3 is 1. The van der Waals surface area contributed by atoms with Gasteiger partial charge in [-0.15, -0.1) is 0 Å². The van der Waals surface area contributed by atoms with E-state index in [0.29, 0.717) is 11.7 Å². The summed E-state index contributed by atoms with van der Waals surface area (Å²) in [7, 11) is 1.62. The first kappa shape index (κ1) is 15.9. The molecule has 0 radical (unpaired) electrons. The van der Waals surface area contributed by atoms with Crippen molar-refractivity contribution in [1.29, 1.82) is 0 Å². The Morgan fingerprint density at radius 1 is 1.19 bits per heavy atom. The van der Waals surface area contributed by atoms with Gasteiger partial charge in [-0.1, -0.05) is 26.7 Å². The Balaban J connectivity index is 1.90. The summed E-state index contributed by atoms with van der Waals surface area (Å²) >= 11 is 0. The van der Waals surface area contributed by atoms with Crippen LogP contribution in [0.5, 0.6) is 11.5 Å². The molecule has 21 heavy (non-hydrogen) atoms. The molecule has 0 bridgehead atoms. The Morgan fingerprint density at radius 2 is 1.86 bits per heavy atom. The van der Waals surface area contributed by atoms with Crippen molar-refractivity contribution in [3.8, 4) is 11.5 Å². The molecule has 0 amide bonds. The lowest BCUT2D eigenvalue weighted by Gasteiger charge is -2.32. The molecule has 0 heterocycles. The third kappa shape index (κ3) is 4.23. The molecule has 116 valence electrons. The molecule has 1 aliphatic rings. The van der Waals surface area contributed by atoms with Crippen LogP contribution in [0, 0.1) is 17.8 Å². The van der Waals surface area contributed by atoms with Crippen LogP contribution in [0.2, 0.25) is 0 Å². The Hall–Kier alpha value is -1.51. The van der Waals surface area contributed by atoms with Gasteiger partial charge < -0.3 is 9.47 Å². The number of esters is 1. The second-order valence-corrected chi connectivity index (χ2v) is 6.15. The van der Waals surface area contributed by atoms with Gasteiger partial charge in [-0.05, 0) is 55.4 Å². The average molecular weight is 290 g/mol. The zero-order chi connectivity index (χ0) is 15.2. The molecule has 1 aliphatic carbocycles. The van der Waals surface area contributed by atoms with E-state index >= 15 is 0 Å². The van der Waals surface area contributed by atoms with Gasteiger partial charge in [0.25, 0.3) is 0 Å². The van der Waals surface area contributed by atoms with E-state index in [2.05, 4.69) is 13.8 Å². The van der Waals surface area contributed by atoms with E-state index in [0.717, 1.165) is 30.9 Å². The summed E-state index contributed by atoms with van der Waals surface area (Å²) in [5.74, 6) is 2.53. The highest BCUT2D eigenvalue weighted by atomic mass is 16.5. The maximum atomic E-state index is 12.3. The van der Waals surface area contributed by atoms with Gasteiger partial charge in [-0.2, -0.15) is 0 Å². The lowest BCUT2D eigenvalue weighted by Crippen LogP contribution is -2.32. The fourth-order valence-electron chi connectivity index (χ4n) is 3.36. The molecule has 1 saturated carbocycles. The van der Waals surface area contributed by atoms with Gasteiger partial charge in [-0.3, -0.25) is 4.79 Å². The monoisotopic (exact) mass is 290 g/mol. The quantitative estimate of drug-likeness (QED) is 0.593. The van der Waals surface area contributed by atoms with Gasteiger partial charge in [-0.25, -0.2) is 0 Å². The Morgan fingerprint density at radius 3 is 2.43 bits per heavy atom. The second kappa shape index (κ2) is 7.48. The third-order valence-corrected chi connectivity index (χ3v) is 4.56. The van der Waals surface area contributed by atoms with Crippen LogP contribution in [0.4, 0.5) is 0 Å². The van der Waals surface area contributed by atoms with Gasteiger partial charge in [0.15, 0.2) is 0 Å². The second-order valence-electron chi connectivity index (χ2n) is 6.15. The molecule has 0 N–H and O–H groups in total. The lowest BCUT2D eigenvalue weighted by molar-refractivity contribution is -0.142. The summed E-state index contributed by atoms with van der Waals surface area (Å²) in [6.07, 6.45) is 5.78. The number of carbonyl (C=O) groups is 1. The highest BCUT2D eigenvalue weighted by Gasteiger charge is 2.33. The van der Waals surface area contributed by atoms with Crippen LogP contribution in [-0.4, -0.2) is 13.1 Å². The van der Waals surface area contributed by atoms with Crippen molar-refractivity contribution in [2.45, 2.75) is 46.0 Å². The Labute approximate surface area is 127 Å². The highest BCUT2D eigenvalue weighted by Crippen LogP contribution is 2.36. The van der Waals surface area contributed by atoms with E-state index in [4.69, 9.17) is 9.47 Å². The first-order valence-electron chi connectivity index (χ1n) is 7.99. The zero-order valence-electron chi connectivity index (χ0n) is 13.3. The van der Waals surface area contributed by atoms with Gasteiger partial charge in [0.2, 0.25) is 0 Å². The topological polar surface area (TPSA) is 35.5 Å². The molecule has 0 unspecified atom stereocenters. The summed E-state index contributed by atoms with van der Waals surface area (Å²) in [6, 6.07) is 7.18. The van der Waals surface area contributed by atoms with Crippen molar-refractivity contribution in [3.63, 3.8) is 0 Å². The minimum absolute atomic E-state index is 0.0419. The van der Waals surface area contributed by atoms with Crippen molar-refractivity contribution < 1.29 is 14.3 Å². The zero-order valence-corrected chi connectivity index (χ0v) is 13.3. The first-order valence-corrected chi connectivity index (χ1v) is 7.99. The molecular formula is C18H26O3. The Kier molecular flexibility index (Phi) is 5.66. The van der Waals surface area contributed by atoms with Gasteiger partial charge in [0.05, 0.1) is 13.0 Å². The fourth-order valence-corrected chi connectivity index (χ4v) is 3.36. The number of ether oxygens (including phenoxy) is 2. The normalized spacial score (nSPS) is 25.4. The van der Waals surface area contributed by atoms with Crippen molar-refractivity contribution in [2.75, 3.05) is 7.11 Å². The van der Waals surface area contributed by atoms with Crippen LogP contribution in [0.3, 0.4) is 0 Å². The average Bonchev–Trinajstić information content (AvgIpc) is 2.48. The summed E-state index contributed by atoms with van der Waals surface area (Å²) in [5, 5.41) is 0. The molecule has 3 atom stereocenters. The highest BCUT2D eigenvalue weighted by molar-refractivity contribution is 5.75. The van der Waals surface area contributed by atoms with E-state index in [-0.39, 0.29) is 11.9 Å². The predicted octanol–water partition coefficient (Wildman–Crippen LogP) is 4.45. The van der Waals surface area contributed by atoms with Crippen LogP contribution >= 0.6 is 0 Å². The summed E-state index contributed by atoms with van der Waals surface area (Å²) in [5.41, 5.74) is 0. The van der Waals surface area contributed by atoms with Gasteiger partial charge in [0.1, 0.15) is 11.5 Å². The van der Waals surface area contributed by atoms with Crippen LogP contribution in [0.15, 0.2) is 24.3 Å². The van der Waals surface area contributed by atoms with Crippen molar-refractivity contribution in [1.82, 2.24) is 0 Å². The van der Waals surface area contributed by atoms with Crippen LogP contribution in [0.25, 0.3) is 0 Å². The molecule has 3 heteroatoms. The minimum atomic E-state index is -0.0809. The molecule has 1 aromatic rings. The molecule has 2 rings (SSSR count). The molecular weight excluding hydrogens is 264 g/mol. The minimum Gasteiger partial charge on any atom is -0.497 e. The molecule has 1 aromatic carbocycles. The molecule has 0 aliphatic heterocycles.